The number of nitrogens with zero attached hydrogens (tertiary/aromatic N) is 2. The molecule has 2 heterocycles. The zero-order valence-corrected chi connectivity index (χ0v) is 12.3. The fourth-order valence-electron chi connectivity index (χ4n) is 3.86. The van der Waals surface area contributed by atoms with Crippen LogP contribution in [0.25, 0.3) is 0 Å². The second-order valence-corrected chi connectivity index (χ2v) is 6.47. The maximum atomic E-state index is 12.5. The van der Waals surface area contributed by atoms with E-state index in [0.29, 0.717) is 11.9 Å². The Labute approximate surface area is 121 Å². The molecular weight excluding hydrogens is 254 g/mol. The van der Waals surface area contributed by atoms with Crippen molar-refractivity contribution < 1.29 is 9.53 Å². The van der Waals surface area contributed by atoms with Crippen molar-refractivity contribution in [3.63, 3.8) is 0 Å². The van der Waals surface area contributed by atoms with Crippen LogP contribution in [-0.4, -0.2) is 67.2 Å². The van der Waals surface area contributed by atoms with Gasteiger partial charge in [0.05, 0.1) is 0 Å². The van der Waals surface area contributed by atoms with E-state index in [1.165, 1.54) is 0 Å². The molecule has 0 bridgehead atoms. The van der Waals surface area contributed by atoms with Crippen molar-refractivity contribution in [2.45, 2.75) is 44.2 Å². The summed E-state index contributed by atoms with van der Waals surface area (Å²) in [5.74, 6) is 0.546. The molecule has 2 aliphatic heterocycles. The molecule has 3 aliphatic rings. The van der Waals surface area contributed by atoms with Crippen LogP contribution in [0.15, 0.2) is 0 Å². The monoisotopic (exact) mass is 281 g/mol. The van der Waals surface area contributed by atoms with E-state index < -0.39 is 0 Å². The van der Waals surface area contributed by atoms with Gasteiger partial charge in [0.1, 0.15) is 0 Å². The quantitative estimate of drug-likeness (QED) is 0.798. The van der Waals surface area contributed by atoms with Gasteiger partial charge in [0, 0.05) is 57.4 Å². The lowest BCUT2D eigenvalue weighted by Crippen LogP contribution is -2.54. The van der Waals surface area contributed by atoms with Crippen molar-refractivity contribution in [1.82, 2.24) is 9.80 Å². The Morgan fingerprint density at radius 3 is 2.30 bits per heavy atom. The zero-order chi connectivity index (χ0) is 13.9. The average Bonchev–Trinajstić information content (AvgIpc) is 2.94. The number of piperazine rings is 1. The van der Waals surface area contributed by atoms with E-state index in [1.54, 1.807) is 0 Å². The summed E-state index contributed by atoms with van der Waals surface area (Å²) >= 11 is 0. The van der Waals surface area contributed by atoms with Gasteiger partial charge in [-0.1, -0.05) is 0 Å². The summed E-state index contributed by atoms with van der Waals surface area (Å²) < 4.78 is 5.42. The number of ether oxygens (including phenoxy) is 1. The fraction of sp³-hybridized carbons (Fsp3) is 0.933. The van der Waals surface area contributed by atoms with Crippen LogP contribution in [0.1, 0.15) is 32.1 Å². The van der Waals surface area contributed by atoms with Gasteiger partial charge < -0.3 is 15.4 Å². The van der Waals surface area contributed by atoms with Gasteiger partial charge in [-0.2, -0.15) is 0 Å². The number of rotatable bonds is 2. The highest BCUT2D eigenvalue weighted by molar-refractivity contribution is 5.79. The third kappa shape index (κ3) is 3.15. The second kappa shape index (κ2) is 6.41. The van der Waals surface area contributed by atoms with Crippen molar-refractivity contribution in [3.05, 3.63) is 0 Å². The summed E-state index contributed by atoms with van der Waals surface area (Å²) in [6.45, 7) is 5.61. The first-order chi connectivity index (χ1) is 9.74. The molecule has 3 rings (SSSR count). The molecule has 0 spiro atoms. The Morgan fingerprint density at radius 1 is 1.00 bits per heavy atom. The minimum absolute atomic E-state index is 0.194. The standard InChI is InChI=1S/C15H27N3O2/c16-13-2-1-12(11-13)15(19)18-7-5-17(6-8-18)14-3-9-20-10-4-14/h12-14H,1-11,16H2. The van der Waals surface area contributed by atoms with Crippen LogP contribution in [0.4, 0.5) is 0 Å². The molecule has 2 saturated heterocycles. The molecule has 0 radical (unpaired) electrons. The van der Waals surface area contributed by atoms with Gasteiger partial charge in [0.25, 0.3) is 0 Å². The molecule has 2 atom stereocenters. The Hall–Kier alpha value is -0.650. The van der Waals surface area contributed by atoms with E-state index in [0.717, 1.165) is 71.5 Å². The lowest BCUT2D eigenvalue weighted by molar-refractivity contribution is -0.137. The van der Waals surface area contributed by atoms with Crippen LogP contribution < -0.4 is 5.73 Å². The summed E-state index contributed by atoms with van der Waals surface area (Å²) in [6, 6.07) is 0.911. The van der Waals surface area contributed by atoms with Gasteiger partial charge in [-0.3, -0.25) is 9.69 Å². The topological polar surface area (TPSA) is 58.8 Å². The highest BCUT2D eigenvalue weighted by Crippen LogP contribution is 2.27. The van der Waals surface area contributed by atoms with Crippen LogP contribution in [0.3, 0.4) is 0 Å². The van der Waals surface area contributed by atoms with E-state index in [1.807, 2.05) is 0 Å². The Bertz CT molecular complexity index is 336. The minimum atomic E-state index is 0.194. The van der Waals surface area contributed by atoms with Gasteiger partial charge in [0.15, 0.2) is 0 Å². The number of nitrogens with two attached hydrogens (primary N) is 1. The highest BCUT2D eigenvalue weighted by atomic mass is 16.5. The predicted octanol–water partition coefficient (Wildman–Crippen LogP) is 0.437. The molecule has 20 heavy (non-hydrogen) atoms. The third-order valence-corrected chi connectivity index (χ3v) is 5.16. The van der Waals surface area contributed by atoms with Crippen molar-refractivity contribution in [3.8, 4) is 0 Å². The molecule has 1 saturated carbocycles. The molecule has 1 aliphatic carbocycles. The summed E-state index contributed by atoms with van der Waals surface area (Å²) in [5.41, 5.74) is 5.92. The molecule has 3 fully saturated rings. The van der Waals surface area contributed by atoms with Gasteiger partial charge in [-0.05, 0) is 32.1 Å². The molecule has 0 aromatic heterocycles. The fourth-order valence-corrected chi connectivity index (χ4v) is 3.86. The summed E-state index contributed by atoms with van der Waals surface area (Å²) in [5, 5.41) is 0. The number of amides is 1. The zero-order valence-electron chi connectivity index (χ0n) is 12.3. The van der Waals surface area contributed by atoms with Crippen molar-refractivity contribution in [2.75, 3.05) is 39.4 Å². The van der Waals surface area contributed by atoms with Gasteiger partial charge in [-0.15, -0.1) is 0 Å². The van der Waals surface area contributed by atoms with E-state index in [-0.39, 0.29) is 12.0 Å². The van der Waals surface area contributed by atoms with Crippen molar-refractivity contribution in [2.24, 2.45) is 11.7 Å². The first kappa shape index (κ1) is 14.3. The molecule has 1 amide bonds. The van der Waals surface area contributed by atoms with Gasteiger partial charge >= 0.3 is 0 Å². The number of carbonyl (C=O) groups excluding carboxylic acids is 1. The highest BCUT2D eigenvalue weighted by Gasteiger charge is 2.33. The lowest BCUT2D eigenvalue weighted by atomic mass is 10.0. The first-order valence-corrected chi connectivity index (χ1v) is 8.10. The van der Waals surface area contributed by atoms with E-state index >= 15 is 0 Å². The Kier molecular flexibility index (Phi) is 4.58. The Balaban J connectivity index is 1.47. The average molecular weight is 281 g/mol. The van der Waals surface area contributed by atoms with E-state index in [2.05, 4.69) is 9.80 Å². The molecule has 0 aromatic rings. The molecule has 5 nitrogen and oxygen atoms in total. The Morgan fingerprint density at radius 2 is 1.70 bits per heavy atom. The number of carbonyl (C=O) groups is 1. The van der Waals surface area contributed by atoms with Crippen molar-refractivity contribution in [1.29, 1.82) is 0 Å². The minimum Gasteiger partial charge on any atom is -0.381 e. The maximum Gasteiger partial charge on any atom is 0.225 e. The second-order valence-electron chi connectivity index (χ2n) is 6.47. The number of hydrogen-bond acceptors (Lipinski definition) is 4. The van der Waals surface area contributed by atoms with Crippen LogP contribution in [-0.2, 0) is 9.53 Å². The summed E-state index contributed by atoms with van der Waals surface area (Å²) in [7, 11) is 0. The largest absolute Gasteiger partial charge is 0.381 e. The van der Waals surface area contributed by atoms with Crippen LogP contribution in [0, 0.1) is 5.92 Å². The first-order valence-electron chi connectivity index (χ1n) is 8.10. The molecule has 2 N–H and O–H groups in total. The van der Waals surface area contributed by atoms with Crippen LogP contribution in [0.5, 0.6) is 0 Å². The molecule has 2 unspecified atom stereocenters. The van der Waals surface area contributed by atoms with E-state index in [4.69, 9.17) is 10.5 Å². The summed E-state index contributed by atoms with van der Waals surface area (Å²) in [4.78, 5) is 17.1. The van der Waals surface area contributed by atoms with E-state index in [9.17, 15) is 4.79 Å². The van der Waals surface area contributed by atoms with Gasteiger partial charge in [0.2, 0.25) is 5.91 Å². The van der Waals surface area contributed by atoms with Crippen LogP contribution >= 0.6 is 0 Å². The van der Waals surface area contributed by atoms with Crippen molar-refractivity contribution >= 4 is 5.91 Å². The summed E-state index contributed by atoms with van der Waals surface area (Å²) in [6.07, 6.45) is 5.18. The predicted molar refractivity (Wildman–Crippen MR) is 77.3 cm³/mol. The van der Waals surface area contributed by atoms with Gasteiger partial charge in [-0.25, -0.2) is 0 Å². The molecule has 114 valence electrons. The molecule has 5 heteroatoms. The molecule has 0 aromatic carbocycles. The normalized spacial score (nSPS) is 33.5. The molecular formula is C15H27N3O2. The van der Waals surface area contributed by atoms with Crippen LogP contribution in [0.2, 0.25) is 0 Å². The SMILES string of the molecule is NC1CCC(C(=O)N2CCN(C3CCOCC3)CC2)C1. The maximum absolute atomic E-state index is 12.5. The number of hydrogen-bond donors (Lipinski definition) is 1. The lowest BCUT2D eigenvalue weighted by Gasteiger charge is -2.41. The smallest absolute Gasteiger partial charge is 0.225 e. The third-order valence-electron chi connectivity index (χ3n) is 5.16.